The summed E-state index contributed by atoms with van der Waals surface area (Å²) in [7, 11) is 0. The average molecular weight is 279 g/mol. The van der Waals surface area contributed by atoms with E-state index in [1.54, 1.807) is 30.5 Å². The van der Waals surface area contributed by atoms with Crippen LogP contribution in [0.5, 0.6) is 5.75 Å². The van der Waals surface area contributed by atoms with E-state index >= 15 is 0 Å². The molecule has 0 saturated carbocycles. The van der Waals surface area contributed by atoms with Crippen molar-refractivity contribution >= 4 is 23.2 Å². The fourth-order valence-electron chi connectivity index (χ4n) is 1.37. The lowest BCUT2D eigenvalue weighted by atomic mass is 10.1. The number of hydrogen-bond acceptors (Lipinski definition) is 3. The van der Waals surface area contributed by atoms with E-state index in [1.165, 1.54) is 6.20 Å². The molecule has 0 unspecified atom stereocenters. The molecule has 0 amide bonds. The van der Waals surface area contributed by atoms with Crippen LogP contribution in [0, 0.1) is 11.3 Å². The van der Waals surface area contributed by atoms with Gasteiger partial charge in [0.1, 0.15) is 12.4 Å². The summed E-state index contributed by atoms with van der Waals surface area (Å²) in [6.07, 6.45) is 3.10. The highest BCUT2D eigenvalue weighted by Gasteiger charge is 2.03. The van der Waals surface area contributed by atoms with Gasteiger partial charge in [-0.2, -0.15) is 5.26 Å². The second kappa shape index (κ2) is 5.72. The first-order valence-electron chi connectivity index (χ1n) is 5.11. The Morgan fingerprint density at radius 1 is 1.22 bits per heavy atom. The van der Waals surface area contributed by atoms with Crippen LogP contribution in [0.1, 0.15) is 11.1 Å². The normalized spacial score (nSPS) is 9.83. The van der Waals surface area contributed by atoms with Crippen LogP contribution < -0.4 is 4.74 Å². The molecule has 1 aromatic heterocycles. The van der Waals surface area contributed by atoms with Gasteiger partial charge in [-0.15, -0.1) is 0 Å². The van der Waals surface area contributed by atoms with Gasteiger partial charge < -0.3 is 4.74 Å². The summed E-state index contributed by atoms with van der Waals surface area (Å²) in [5.41, 5.74) is 1.32. The van der Waals surface area contributed by atoms with Gasteiger partial charge in [0, 0.05) is 22.8 Å². The van der Waals surface area contributed by atoms with Gasteiger partial charge in [-0.1, -0.05) is 29.3 Å². The van der Waals surface area contributed by atoms with Crippen LogP contribution in [0.4, 0.5) is 0 Å². The fourth-order valence-corrected chi connectivity index (χ4v) is 1.77. The Morgan fingerprint density at radius 3 is 2.72 bits per heavy atom. The monoisotopic (exact) mass is 278 g/mol. The third-order valence-electron chi connectivity index (χ3n) is 2.26. The van der Waals surface area contributed by atoms with E-state index in [9.17, 15) is 0 Å². The van der Waals surface area contributed by atoms with Crippen molar-refractivity contribution < 1.29 is 4.74 Å². The van der Waals surface area contributed by atoms with E-state index in [1.807, 2.05) is 6.07 Å². The fraction of sp³-hybridized carbons (Fsp3) is 0.0769. The van der Waals surface area contributed by atoms with Gasteiger partial charge in [0.2, 0.25) is 0 Å². The third-order valence-corrected chi connectivity index (χ3v) is 2.81. The molecular formula is C13H8Cl2N2O. The Kier molecular flexibility index (Phi) is 4.03. The number of nitrogens with zero attached hydrogens (tertiary/aromatic N) is 2. The molecule has 0 saturated heterocycles. The number of benzene rings is 1. The first kappa shape index (κ1) is 12.7. The Labute approximate surface area is 115 Å². The Hall–Kier alpha value is -1.76. The minimum Gasteiger partial charge on any atom is -0.487 e. The molecular weight excluding hydrogens is 271 g/mol. The average Bonchev–Trinajstić information content (AvgIpc) is 2.37. The topological polar surface area (TPSA) is 45.9 Å². The smallest absolute Gasteiger partial charge is 0.139 e. The maximum atomic E-state index is 8.73. The molecule has 5 heteroatoms. The second-order valence-corrected chi connectivity index (χ2v) is 4.39. The highest BCUT2D eigenvalue weighted by molar-refractivity contribution is 6.31. The molecule has 0 atom stereocenters. The molecule has 0 bridgehead atoms. The van der Waals surface area contributed by atoms with Gasteiger partial charge in [-0.25, -0.2) is 0 Å². The predicted octanol–water partition coefficient (Wildman–Crippen LogP) is 3.84. The summed E-state index contributed by atoms with van der Waals surface area (Å²) >= 11 is 11.8. The van der Waals surface area contributed by atoms with Crippen molar-refractivity contribution in [1.29, 1.82) is 5.26 Å². The summed E-state index contributed by atoms with van der Waals surface area (Å²) in [6.45, 7) is 0.298. The van der Waals surface area contributed by atoms with E-state index < -0.39 is 0 Å². The van der Waals surface area contributed by atoms with Gasteiger partial charge in [-0.05, 0) is 12.1 Å². The van der Waals surface area contributed by atoms with Crippen molar-refractivity contribution in [2.75, 3.05) is 0 Å². The molecule has 0 radical (unpaired) electrons. The molecule has 0 spiro atoms. The largest absolute Gasteiger partial charge is 0.487 e. The van der Waals surface area contributed by atoms with Crippen LogP contribution in [-0.2, 0) is 6.61 Å². The van der Waals surface area contributed by atoms with Crippen molar-refractivity contribution in [2.45, 2.75) is 6.61 Å². The number of hydrogen-bond donors (Lipinski definition) is 0. The lowest BCUT2D eigenvalue weighted by Gasteiger charge is -2.07. The quantitative estimate of drug-likeness (QED) is 0.857. The zero-order valence-corrected chi connectivity index (χ0v) is 10.7. The molecule has 1 heterocycles. The Bertz CT molecular complexity index is 608. The van der Waals surface area contributed by atoms with Crippen LogP contribution >= 0.6 is 23.2 Å². The van der Waals surface area contributed by atoms with Crippen LogP contribution in [0.3, 0.4) is 0 Å². The zero-order valence-electron chi connectivity index (χ0n) is 9.23. The van der Waals surface area contributed by atoms with E-state index in [-0.39, 0.29) is 0 Å². The first-order valence-corrected chi connectivity index (χ1v) is 5.86. The molecule has 3 nitrogen and oxygen atoms in total. The molecule has 0 aliphatic rings. The van der Waals surface area contributed by atoms with E-state index in [2.05, 4.69) is 4.98 Å². The van der Waals surface area contributed by atoms with Crippen LogP contribution in [-0.4, -0.2) is 4.98 Å². The molecule has 0 aliphatic heterocycles. The lowest BCUT2D eigenvalue weighted by Crippen LogP contribution is -1.97. The highest BCUT2D eigenvalue weighted by Crippen LogP contribution is 2.21. The Balaban J connectivity index is 2.09. The van der Waals surface area contributed by atoms with Gasteiger partial charge in [0.05, 0.1) is 22.9 Å². The van der Waals surface area contributed by atoms with E-state index in [0.717, 1.165) is 5.56 Å². The molecule has 2 aromatic rings. The maximum Gasteiger partial charge on any atom is 0.139 e. The van der Waals surface area contributed by atoms with Gasteiger partial charge >= 0.3 is 0 Å². The summed E-state index contributed by atoms with van der Waals surface area (Å²) in [4.78, 5) is 3.91. The van der Waals surface area contributed by atoms with Crippen molar-refractivity contribution in [3.05, 3.63) is 57.8 Å². The summed E-state index contributed by atoms with van der Waals surface area (Å²) in [5.74, 6) is 0.572. The molecule has 90 valence electrons. The minimum atomic E-state index is 0.298. The van der Waals surface area contributed by atoms with Gasteiger partial charge in [-0.3, -0.25) is 4.98 Å². The number of halogens is 2. The van der Waals surface area contributed by atoms with Crippen LogP contribution in [0.25, 0.3) is 0 Å². The van der Waals surface area contributed by atoms with Crippen LogP contribution in [0.2, 0.25) is 10.0 Å². The molecule has 18 heavy (non-hydrogen) atoms. The molecule has 0 fully saturated rings. The van der Waals surface area contributed by atoms with Crippen molar-refractivity contribution in [3.8, 4) is 11.8 Å². The standard InChI is InChI=1S/C13H8Cl2N2O/c14-11-4-12(7-17-6-11)18-8-10-2-1-9(5-16)3-13(10)15/h1-4,6-7H,8H2. The third kappa shape index (κ3) is 3.13. The van der Waals surface area contributed by atoms with E-state index in [4.69, 9.17) is 33.2 Å². The molecule has 0 N–H and O–H groups in total. The first-order chi connectivity index (χ1) is 8.69. The highest BCUT2D eigenvalue weighted by atomic mass is 35.5. The number of ether oxygens (including phenoxy) is 1. The van der Waals surface area contributed by atoms with Crippen molar-refractivity contribution in [2.24, 2.45) is 0 Å². The van der Waals surface area contributed by atoms with Crippen molar-refractivity contribution in [1.82, 2.24) is 4.98 Å². The summed E-state index contributed by atoms with van der Waals surface area (Å²) in [5, 5.41) is 9.74. The molecule has 1 aromatic carbocycles. The molecule has 0 aliphatic carbocycles. The van der Waals surface area contributed by atoms with Gasteiger partial charge in [0.25, 0.3) is 0 Å². The maximum absolute atomic E-state index is 8.73. The van der Waals surface area contributed by atoms with Gasteiger partial charge in [0.15, 0.2) is 0 Å². The zero-order chi connectivity index (χ0) is 13.0. The van der Waals surface area contributed by atoms with Crippen molar-refractivity contribution in [3.63, 3.8) is 0 Å². The van der Waals surface area contributed by atoms with Crippen LogP contribution in [0.15, 0.2) is 36.7 Å². The number of pyridine rings is 1. The SMILES string of the molecule is N#Cc1ccc(COc2cncc(Cl)c2)c(Cl)c1. The Morgan fingerprint density at radius 2 is 2.06 bits per heavy atom. The number of nitriles is 1. The van der Waals surface area contributed by atoms with E-state index in [0.29, 0.717) is 28.0 Å². The number of rotatable bonds is 3. The summed E-state index contributed by atoms with van der Waals surface area (Å²) < 4.78 is 5.51. The minimum absolute atomic E-state index is 0.298. The lowest BCUT2D eigenvalue weighted by molar-refractivity contribution is 0.305. The second-order valence-electron chi connectivity index (χ2n) is 3.55. The molecule has 2 rings (SSSR count). The predicted molar refractivity (Wildman–Crippen MR) is 69.7 cm³/mol. The number of aromatic nitrogens is 1. The summed E-state index contributed by atoms with van der Waals surface area (Å²) in [6, 6.07) is 8.76.